The number of aromatic nitrogens is 1. The maximum atomic E-state index is 11.8. The predicted octanol–water partition coefficient (Wildman–Crippen LogP) is 3.24. The number of furan rings is 1. The van der Waals surface area contributed by atoms with E-state index in [0.29, 0.717) is 12.2 Å². The molecule has 1 aromatic carbocycles. The Morgan fingerprint density at radius 2 is 2.12 bits per heavy atom. The van der Waals surface area contributed by atoms with Crippen molar-refractivity contribution in [1.82, 2.24) is 10.3 Å². The first kappa shape index (κ1) is 17.2. The lowest BCUT2D eigenvalue weighted by Crippen LogP contribution is -2.31. The maximum Gasteiger partial charge on any atom is 0.306 e. The van der Waals surface area contributed by atoms with Crippen LogP contribution in [0.5, 0.6) is 0 Å². The number of nitrogens with zero attached hydrogens (tertiary/aromatic N) is 1. The van der Waals surface area contributed by atoms with E-state index in [1.54, 1.807) is 36.7 Å². The summed E-state index contributed by atoms with van der Waals surface area (Å²) in [5.41, 5.74) is 0.933. The van der Waals surface area contributed by atoms with E-state index in [9.17, 15) is 9.59 Å². The van der Waals surface area contributed by atoms with Gasteiger partial charge in [-0.15, -0.1) is 11.3 Å². The van der Waals surface area contributed by atoms with E-state index in [4.69, 9.17) is 9.15 Å². The molecule has 2 heterocycles. The summed E-state index contributed by atoms with van der Waals surface area (Å²) in [6.45, 7) is 1.50. The zero-order valence-corrected chi connectivity index (χ0v) is 14.5. The molecule has 0 saturated heterocycles. The van der Waals surface area contributed by atoms with Crippen molar-refractivity contribution in [2.45, 2.75) is 25.8 Å². The molecule has 0 radical (unpaired) electrons. The summed E-state index contributed by atoms with van der Waals surface area (Å²) in [6, 6.07) is 11.1. The number of carbonyl (C=O) groups excluding carboxylic acids is 2. The number of carbonyl (C=O) groups is 2. The van der Waals surface area contributed by atoms with Crippen LogP contribution in [-0.2, 0) is 20.7 Å². The van der Waals surface area contributed by atoms with Crippen LogP contribution >= 0.6 is 11.3 Å². The van der Waals surface area contributed by atoms with Gasteiger partial charge in [-0.05, 0) is 31.2 Å². The van der Waals surface area contributed by atoms with Gasteiger partial charge in [-0.2, -0.15) is 0 Å². The number of benzene rings is 1. The first-order valence-corrected chi connectivity index (χ1v) is 8.76. The molecule has 1 atom stereocenters. The highest BCUT2D eigenvalue weighted by atomic mass is 32.1. The largest absolute Gasteiger partial charge is 0.467 e. The number of ether oxygens (including phenoxy) is 1. The molecule has 3 aromatic rings. The monoisotopic (exact) mass is 358 g/mol. The quantitative estimate of drug-likeness (QED) is 0.656. The molecule has 6 nitrogen and oxygen atoms in total. The van der Waals surface area contributed by atoms with Gasteiger partial charge >= 0.3 is 5.97 Å². The number of esters is 1. The number of fused-ring (bicyclic) bond motifs is 1. The van der Waals surface area contributed by atoms with Gasteiger partial charge in [0, 0.05) is 6.42 Å². The van der Waals surface area contributed by atoms with Crippen molar-refractivity contribution in [3.63, 3.8) is 0 Å². The minimum atomic E-state index is -0.417. The molecule has 0 unspecified atom stereocenters. The van der Waals surface area contributed by atoms with Gasteiger partial charge < -0.3 is 14.5 Å². The van der Waals surface area contributed by atoms with Crippen LogP contribution in [-0.4, -0.2) is 23.5 Å². The zero-order chi connectivity index (χ0) is 17.6. The number of rotatable bonds is 7. The molecule has 1 N–H and O–H groups in total. The van der Waals surface area contributed by atoms with E-state index in [2.05, 4.69) is 10.3 Å². The van der Waals surface area contributed by atoms with Gasteiger partial charge in [0.15, 0.2) is 6.61 Å². The molecule has 2 aromatic heterocycles. The highest BCUT2D eigenvalue weighted by Crippen LogP contribution is 2.22. The summed E-state index contributed by atoms with van der Waals surface area (Å²) >= 11 is 1.56. The van der Waals surface area contributed by atoms with E-state index in [1.165, 1.54) is 0 Å². The third-order valence-corrected chi connectivity index (χ3v) is 4.69. The lowest BCUT2D eigenvalue weighted by molar-refractivity contribution is -0.148. The summed E-state index contributed by atoms with van der Waals surface area (Å²) in [7, 11) is 0. The van der Waals surface area contributed by atoms with Crippen LogP contribution in [0.4, 0.5) is 0 Å². The first-order valence-electron chi connectivity index (χ1n) is 7.94. The molecule has 0 saturated carbocycles. The van der Waals surface area contributed by atoms with E-state index in [-0.39, 0.29) is 25.0 Å². The number of hydrogen-bond acceptors (Lipinski definition) is 6. The number of para-hydroxylation sites is 1. The van der Waals surface area contributed by atoms with Crippen LogP contribution in [0.3, 0.4) is 0 Å². The van der Waals surface area contributed by atoms with Crippen LogP contribution in [0, 0.1) is 0 Å². The van der Waals surface area contributed by atoms with Gasteiger partial charge in [-0.25, -0.2) is 4.98 Å². The highest BCUT2D eigenvalue weighted by molar-refractivity contribution is 7.18. The van der Waals surface area contributed by atoms with Crippen LogP contribution in [0.2, 0.25) is 0 Å². The number of aryl methyl sites for hydroxylation is 1. The van der Waals surface area contributed by atoms with E-state index < -0.39 is 5.97 Å². The van der Waals surface area contributed by atoms with E-state index in [0.717, 1.165) is 15.2 Å². The summed E-state index contributed by atoms with van der Waals surface area (Å²) < 4.78 is 11.3. The molecular formula is C18H18N2O4S. The fraction of sp³-hybridized carbons (Fsp3) is 0.278. The van der Waals surface area contributed by atoms with Crippen LogP contribution < -0.4 is 5.32 Å². The second-order valence-corrected chi connectivity index (χ2v) is 6.66. The van der Waals surface area contributed by atoms with Crippen molar-refractivity contribution in [2.75, 3.05) is 6.61 Å². The second-order valence-electron chi connectivity index (χ2n) is 5.54. The topological polar surface area (TPSA) is 81.4 Å². The Kier molecular flexibility index (Phi) is 5.45. The molecule has 0 aliphatic heterocycles. The highest BCUT2D eigenvalue weighted by Gasteiger charge is 2.14. The zero-order valence-electron chi connectivity index (χ0n) is 13.7. The number of amides is 1. The third-order valence-electron chi connectivity index (χ3n) is 3.59. The van der Waals surface area contributed by atoms with Gasteiger partial charge in [0.25, 0.3) is 5.91 Å². The van der Waals surface area contributed by atoms with Gasteiger partial charge in [-0.1, -0.05) is 12.1 Å². The van der Waals surface area contributed by atoms with Crippen molar-refractivity contribution in [3.05, 3.63) is 53.4 Å². The summed E-state index contributed by atoms with van der Waals surface area (Å²) in [5, 5.41) is 3.59. The Hall–Kier alpha value is -2.67. The SMILES string of the molecule is C[C@@H](NC(=O)COC(=O)CCc1nc2ccccc2s1)c1ccco1. The molecule has 25 heavy (non-hydrogen) atoms. The number of nitrogens with one attached hydrogen (secondary N) is 1. The van der Waals surface area contributed by atoms with E-state index in [1.807, 2.05) is 24.3 Å². The smallest absolute Gasteiger partial charge is 0.306 e. The average Bonchev–Trinajstić information content (AvgIpc) is 3.27. The lowest BCUT2D eigenvalue weighted by Gasteiger charge is -2.11. The van der Waals surface area contributed by atoms with Gasteiger partial charge in [0.1, 0.15) is 5.76 Å². The molecular weight excluding hydrogens is 340 g/mol. The second kappa shape index (κ2) is 7.94. The van der Waals surface area contributed by atoms with Gasteiger partial charge in [-0.3, -0.25) is 9.59 Å². The lowest BCUT2D eigenvalue weighted by atomic mass is 10.2. The average molecular weight is 358 g/mol. The molecule has 0 bridgehead atoms. The molecule has 0 fully saturated rings. The summed E-state index contributed by atoms with van der Waals surface area (Å²) in [5.74, 6) is -0.132. The van der Waals surface area contributed by atoms with Gasteiger partial charge in [0.05, 0.1) is 34.0 Å². The Morgan fingerprint density at radius 3 is 2.88 bits per heavy atom. The van der Waals surface area contributed by atoms with Crippen molar-refractivity contribution < 1.29 is 18.7 Å². The fourth-order valence-corrected chi connectivity index (χ4v) is 3.31. The summed E-state index contributed by atoms with van der Waals surface area (Å²) in [4.78, 5) is 28.1. The molecule has 130 valence electrons. The van der Waals surface area contributed by atoms with Crippen LogP contribution in [0.15, 0.2) is 47.1 Å². The fourth-order valence-electron chi connectivity index (χ4n) is 2.35. The minimum absolute atomic E-state index is 0.195. The number of thiazole rings is 1. The maximum absolute atomic E-state index is 11.8. The Bertz CT molecular complexity index is 824. The number of hydrogen-bond donors (Lipinski definition) is 1. The Labute approximate surface area is 148 Å². The third kappa shape index (κ3) is 4.67. The molecule has 0 spiro atoms. The normalized spacial score (nSPS) is 12.0. The minimum Gasteiger partial charge on any atom is -0.467 e. The molecule has 0 aliphatic rings. The molecule has 7 heteroatoms. The molecule has 1 amide bonds. The first-order chi connectivity index (χ1) is 12.1. The Balaban J connectivity index is 1.41. The van der Waals surface area contributed by atoms with E-state index >= 15 is 0 Å². The standard InChI is InChI=1S/C18H18N2O4S/c1-12(14-6-4-10-23-14)19-16(21)11-24-18(22)9-8-17-20-13-5-2-3-7-15(13)25-17/h2-7,10,12H,8-9,11H2,1H3,(H,19,21)/t12-/m1/s1. The van der Waals surface area contributed by atoms with Gasteiger partial charge in [0.2, 0.25) is 0 Å². The van der Waals surface area contributed by atoms with Crippen molar-refractivity contribution in [3.8, 4) is 0 Å². The molecule has 3 rings (SSSR count). The predicted molar refractivity (Wildman–Crippen MR) is 94.2 cm³/mol. The summed E-state index contributed by atoms with van der Waals surface area (Å²) in [6.07, 6.45) is 2.24. The van der Waals surface area contributed by atoms with Crippen molar-refractivity contribution >= 4 is 33.4 Å². The Morgan fingerprint density at radius 1 is 1.28 bits per heavy atom. The van der Waals surface area contributed by atoms with Crippen LogP contribution in [0.1, 0.15) is 30.2 Å². The van der Waals surface area contributed by atoms with Crippen molar-refractivity contribution in [2.24, 2.45) is 0 Å². The van der Waals surface area contributed by atoms with Crippen LogP contribution in [0.25, 0.3) is 10.2 Å². The molecule has 0 aliphatic carbocycles. The van der Waals surface area contributed by atoms with Crippen molar-refractivity contribution in [1.29, 1.82) is 0 Å².